The summed E-state index contributed by atoms with van der Waals surface area (Å²) in [6.45, 7) is 4.56. The van der Waals surface area contributed by atoms with Gasteiger partial charge < -0.3 is 19.6 Å². The topological polar surface area (TPSA) is 138 Å². The standard InChI is InChI=1S/C18H18N2O7/c1-4-25-18(24)27-12-7-5-11(6-8-12)16(23)20-17-14(15(19)22)13(9(2)21)10(3)26-17/h5-8H,4H2,1-3H3,(H2,19,22)(H,20,23). The highest BCUT2D eigenvalue weighted by Gasteiger charge is 2.26. The summed E-state index contributed by atoms with van der Waals surface area (Å²) >= 11 is 0. The van der Waals surface area contributed by atoms with Crippen LogP contribution in [0.5, 0.6) is 5.75 Å². The van der Waals surface area contributed by atoms with Crippen LogP contribution in [0.25, 0.3) is 0 Å². The van der Waals surface area contributed by atoms with Crippen molar-refractivity contribution < 1.29 is 33.1 Å². The molecule has 9 heteroatoms. The molecule has 0 aliphatic carbocycles. The molecule has 0 bridgehead atoms. The number of primary amides is 1. The van der Waals surface area contributed by atoms with Crippen LogP contribution in [0.3, 0.4) is 0 Å². The Morgan fingerprint density at radius 2 is 1.74 bits per heavy atom. The Bertz CT molecular complexity index is 897. The summed E-state index contributed by atoms with van der Waals surface area (Å²) in [4.78, 5) is 47.0. The first-order valence-corrected chi connectivity index (χ1v) is 7.94. The summed E-state index contributed by atoms with van der Waals surface area (Å²) in [6.07, 6.45) is -0.858. The van der Waals surface area contributed by atoms with Crippen LogP contribution in [0.15, 0.2) is 28.7 Å². The Kier molecular flexibility index (Phi) is 5.96. The van der Waals surface area contributed by atoms with E-state index in [1.807, 2.05) is 0 Å². The highest BCUT2D eigenvalue weighted by molar-refractivity contribution is 6.13. The van der Waals surface area contributed by atoms with Gasteiger partial charge in [0.1, 0.15) is 17.1 Å². The lowest BCUT2D eigenvalue weighted by Gasteiger charge is -2.06. The van der Waals surface area contributed by atoms with Crippen molar-refractivity contribution in [1.82, 2.24) is 0 Å². The summed E-state index contributed by atoms with van der Waals surface area (Å²) in [5.41, 5.74) is 5.34. The average molecular weight is 374 g/mol. The molecular formula is C18H18N2O7. The molecule has 0 radical (unpaired) electrons. The van der Waals surface area contributed by atoms with Gasteiger partial charge in [0.2, 0.25) is 5.88 Å². The van der Waals surface area contributed by atoms with Gasteiger partial charge in [-0.05, 0) is 45.0 Å². The van der Waals surface area contributed by atoms with Crippen LogP contribution < -0.4 is 15.8 Å². The van der Waals surface area contributed by atoms with Gasteiger partial charge in [-0.25, -0.2) is 4.79 Å². The third-order valence-corrected chi connectivity index (χ3v) is 3.49. The maximum absolute atomic E-state index is 12.4. The van der Waals surface area contributed by atoms with Crippen LogP contribution >= 0.6 is 0 Å². The van der Waals surface area contributed by atoms with Gasteiger partial charge >= 0.3 is 6.16 Å². The Labute approximate surface area is 154 Å². The zero-order valence-electron chi connectivity index (χ0n) is 15.0. The zero-order valence-corrected chi connectivity index (χ0v) is 15.0. The maximum Gasteiger partial charge on any atom is 0.513 e. The van der Waals surface area contributed by atoms with E-state index in [1.54, 1.807) is 6.92 Å². The third kappa shape index (κ3) is 4.51. The molecular weight excluding hydrogens is 356 g/mol. The van der Waals surface area contributed by atoms with E-state index in [0.29, 0.717) is 0 Å². The fourth-order valence-corrected chi connectivity index (χ4v) is 2.38. The number of carbonyl (C=O) groups is 4. The highest BCUT2D eigenvalue weighted by Crippen LogP contribution is 2.27. The Morgan fingerprint density at radius 1 is 1.11 bits per heavy atom. The molecule has 142 valence electrons. The van der Waals surface area contributed by atoms with E-state index in [2.05, 4.69) is 10.1 Å². The van der Waals surface area contributed by atoms with Crippen molar-refractivity contribution in [3.8, 4) is 5.75 Å². The molecule has 0 fully saturated rings. The van der Waals surface area contributed by atoms with Crippen LogP contribution in [0.4, 0.5) is 10.7 Å². The molecule has 0 atom stereocenters. The molecule has 0 unspecified atom stereocenters. The number of benzene rings is 1. The van der Waals surface area contributed by atoms with E-state index in [1.165, 1.54) is 38.1 Å². The van der Waals surface area contributed by atoms with Crippen LogP contribution in [-0.2, 0) is 4.74 Å². The van der Waals surface area contributed by atoms with Gasteiger partial charge in [0, 0.05) is 5.56 Å². The van der Waals surface area contributed by atoms with E-state index in [4.69, 9.17) is 14.9 Å². The molecule has 2 aromatic rings. The number of amides is 2. The van der Waals surface area contributed by atoms with Crippen molar-refractivity contribution in [2.45, 2.75) is 20.8 Å². The summed E-state index contributed by atoms with van der Waals surface area (Å²) in [6, 6.07) is 5.59. The molecule has 3 N–H and O–H groups in total. The predicted octanol–water partition coefficient (Wildman–Crippen LogP) is 2.68. The van der Waals surface area contributed by atoms with Crippen molar-refractivity contribution in [2.75, 3.05) is 11.9 Å². The molecule has 0 saturated heterocycles. The number of rotatable bonds is 6. The lowest BCUT2D eigenvalue weighted by atomic mass is 10.1. The number of furan rings is 1. The van der Waals surface area contributed by atoms with Crippen LogP contribution in [0, 0.1) is 6.92 Å². The normalized spacial score (nSPS) is 10.2. The second kappa shape index (κ2) is 8.17. The maximum atomic E-state index is 12.4. The number of nitrogens with one attached hydrogen (secondary N) is 1. The van der Waals surface area contributed by atoms with Gasteiger partial charge in [-0.3, -0.25) is 19.7 Å². The van der Waals surface area contributed by atoms with Crippen molar-refractivity contribution in [2.24, 2.45) is 5.73 Å². The van der Waals surface area contributed by atoms with Crippen molar-refractivity contribution >= 4 is 29.6 Å². The summed E-state index contributed by atoms with van der Waals surface area (Å²) in [5, 5.41) is 2.41. The summed E-state index contributed by atoms with van der Waals surface area (Å²) in [7, 11) is 0. The minimum Gasteiger partial charge on any atom is -0.444 e. The molecule has 0 aliphatic rings. The third-order valence-electron chi connectivity index (χ3n) is 3.49. The summed E-state index contributed by atoms with van der Waals surface area (Å²) < 4.78 is 14.9. The number of nitrogens with two attached hydrogens (primary N) is 1. The van der Waals surface area contributed by atoms with Gasteiger partial charge in [0.05, 0.1) is 12.2 Å². The molecule has 9 nitrogen and oxygen atoms in total. The van der Waals surface area contributed by atoms with Crippen molar-refractivity contribution in [3.05, 3.63) is 46.7 Å². The SMILES string of the molecule is CCOC(=O)Oc1ccc(C(=O)Nc2oc(C)c(C(C)=O)c2C(N)=O)cc1. The second-order valence-corrected chi connectivity index (χ2v) is 5.42. The molecule has 1 heterocycles. The quantitative estimate of drug-likeness (QED) is 0.450. The Balaban J connectivity index is 2.20. The number of ketones is 1. The van der Waals surface area contributed by atoms with E-state index in [0.717, 1.165) is 0 Å². The van der Waals surface area contributed by atoms with Gasteiger partial charge in [0.15, 0.2) is 5.78 Å². The van der Waals surface area contributed by atoms with Crippen LogP contribution in [0.1, 0.15) is 50.7 Å². The van der Waals surface area contributed by atoms with Gasteiger partial charge in [0.25, 0.3) is 11.8 Å². The van der Waals surface area contributed by atoms with E-state index in [-0.39, 0.29) is 40.7 Å². The summed E-state index contributed by atoms with van der Waals surface area (Å²) in [5.74, 6) is -1.76. The molecule has 2 rings (SSSR count). The van der Waals surface area contributed by atoms with E-state index < -0.39 is 23.8 Å². The molecule has 0 aliphatic heterocycles. The average Bonchev–Trinajstić information content (AvgIpc) is 2.92. The zero-order chi connectivity index (χ0) is 20.1. The smallest absolute Gasteiger partial charge is 0.444 e. The predicted molar refractivity (Wildman–Crippen MR) is 94.0 cm³/mol. The molecule has 1 aromatic heterocycles. The number of Topliss-reactive ketones (excluding diaryl/α,β-unsaturated/α-hetero) is 1. The number of hydrogen-bond donors (Lipinski definition) is 2. The first-order valence-electron chi connectivity index (χ1n) is 7.94. The van der Waals surface area contributed by atoms with Gasteiger partial charge in [-0.1, -0.05) is 0 Å². The monoisotopic (exact) mass is 374 g/mol. The van der Waals surface area contributed by atoms with E-state index in [9.17, 15) is 19.2 Å². The number of anilines is 1. The largest absolute Gasteiger partial charge is 0.513 e. The van der Waals surface area contributed by atoms with Crippen LogP contribution in [-0.4, -0.2) is 30.4 Å². The number of ether oxygens (including phenoxy) is 2. The van der Waals surface area contributed by atoms with Crippen molar-refractivity contribution in [3.63, 3.8) is 0 Å². The fourth-order valence-electron chi connectivity index (χ4n) is 2.38. The van der Waals surface area contributed by atoms with Gasteiger partial charge in [-0.2, -0.15) is 0 Å². The lowest BCUT2D eigenvalue weighted by molar-refractivity contribution is 0.0974. The minimum absolute atomic E-state index is 0.0241. The molecule has 2 amide bonds. The number of hydrogen-bond acceptors (Lipinski definition) is 7. The first-order chi connectivity index (χ1) is 12.7. The molecule has 27 heavy (non-hydrogen) atoms. The second-order valence-electron chi connectivity index (χ2n) is 5.42. The highest BCUT2D eigenvalue weighted by atomic mass is 16.7. The number of carbonyl (C=O) groups excluding carboxylic acids is 4. The number of aryl methyl sites for hydroxylation is 1. The van der Waals surface area contributed by atoms with Crippen molar-refractivity contribution in [1.29, 1.82) is 0 Å². The molecule has 0 saturated carbocycles. The minimum atomic E-state index is -0.898. The molecule has 1 aromatic carbocycles. The van der Waals surface area contributed by atoms with Gasteiger partial charge in [-0.15, -0.1) is 0 Å². The Morgan fingerprint density at radius 3 is 2.26 bits per heavy atom. The fraction of sp³-hybridized carbons (Fsp3) is 0.222. The van der Waals surface area contributed by atoms with E-state index >= 15 is 0 Å². The van der Waals surface area contributed by atoms with Crippen LogP contribution in [0.2, 0.25) is 0 Å². The lowest BCUT2D eigenvalue weighted by Crippen LogP contribution is -2.19. The first kappa shape index (κ1) is 19.7. The molecule has 0 spiro atoms. The Hall–Kier alpha value is -3.62.